The molecule has 0 spiro atoms. The van der Waals surface area contributed by atoms with E-state index in [2.05, 4.69) is 92.7 Å². The topological polar surface area (TPSA) is 80.9 Å². The summed E-state index contributed by atoms with van der Waals surface area (Å²) in [5.41, 5.74) is 8.48. The lowest BCUT2D eigenvalue weighted by molar-refractivity contribution is -0.107. The van der Waals surface area contributed by atoms with E-state index in [0.717, 1.165) is 11.1 Å². The first-order valence-corrected chi connectivity index (χ1v) is 16.1. The summed E-state index contributed by atoms with van der Waals surface area (Å²) in [6.45, 7) is 11.0. The van der Waals surface area contributed by atoms with Gasteiger partial charge in [0.2, 0.25) is 0 Å². The second-order valence-corrected chi connectivity index (χ2v) is 14.5. The van der Waals surface area contributed by atoms with E-state index in [1.54, 1.807) is 33.8 Å². The van der Waals surface area contributed by atoms with Gasteiger partial charge in [-0.3, -0.25) is 0 Å². The number of aliphatic hydroxyl groups is 2. The van der Waals surface area contributed by atoms with Gasteiger partial charge in [0.15, 0.2) is 0 Å². The highest BCUT2D eigenvalue weighted by atomic mass is 32.1. The lowest BCUT2D eigenvalue weighted by Gasteiger charge is -2.31. The van der Waals surface area contributed by atoms with Crippen LogP contribution in [0, 0.1) is 0 Å². The molecule has 0 saturated heterocycles. The van der Waals surface area contributed by atoms with Gasteiger partial charge in [0, 0.05) is 25.6 Å². The fraction of sp³-hybridized carbons (Fsp3) is 0.231. The Labute approximate surface area is 269 Å². The van der Waals surface area contributed by atoms with Crippen LogP contribution >= 0.6 is 11.3 Å². The summed E-state index contributed by atoms with van der Waals surface area (Å²) >= 11 is 1.81. The molecule has 0 fully saturated rings. The minimum absolute atomic E-state index is 0.0363. The summed E-state index contributed by atoms with van der Waals surface area (Å²) < 4.78 is 2.49. The molecule has 7 rings (SSSR count). The summed E-state index contributed by atoms with van der Waals surface area (Å²) in [6, 6.07) is 36.2. The molecule has 0 saturated carbocycles. The summed E-state index contributed by atoms with van der Waals surface area (Å²) in [5, 5.41) is 40.1. The van der Waals surface area contributed by atoms with Crippen LogP contribution in [0.3, 0.4) is 0 Å². The van der Waals surface area contributed by atoms with E-state index in [9.17, 15) is 10.0 Å². The van der Waals surface area contributed by atoms with Crippen molar-refractivity contribution < 1.29 is 20.3 Å². The number of thiophene rings is 1. The van der Waals surface area contributed by atoms with E-state index in [1.165, 1.54) is 53.6 Å². The zero-order chi connectivity index (χ0) is 32.3. The Kier molecular flexibility index (Phi) is 7.79. The highest BCUT2D eigenvalue weighted by Crippen LogP contribution is 2.50. The van der Waals surface area contributed by atoms with E-state index in [-0.39, 0.29) is 5.41 Å². The molecule has 0 aliphatic heterocycles. The van der Waals surface area contributed by atoms with Gasteiger partial charge in [-0.25, -0.2) is 0 Å². The van der Waals surface area contributed by atoms with Crippen molar-refractivity contribution >= 4 is 44.1 Å². The maximum absolute atomic E-state index is 9.70. The average molecular weight is 615 g/mol. The Hall–Kier alpha value is -3.78. The van der Waals surface area contributed by atoms with Gasteiger partial charge >= 0.3 is 7.12 Å². The lowest BCUT2D eigenvalue weighted by atomic mass is 9.79. The zero-order valence-electron chi connectivity index (χ0n) is 26.6. The van der Waals surface area contributed by atoms with Crippen molar-refractivity contribution in [2.45, 2.75) is 58.2 Å². The molecule has 5 aromatic carbocycles. The molecular weight excluding hydrogens is 575 g/mol. The molecule has 6 aromatic rings. The summed E-state index contributed by atoms with van der Waals surface area (Å²) in [5.74, 6) is 0. The molecule has 1 aliphatic carbocycles. The lowest BCUT2D eigenvalue weighted by Crippen LogP contribution is -2.44. The van der Waals surface area contributed by atoms with Crippen LogP contribution in [0.25, 0.3) is 53.6 Å². The Bertz CT molecular complexity index is 2030. The first-order valence-electron chi connectivity index (χ1n) is 15.3. The van der Waals surface area contributed by atoms with Gasteiger partial charge in [0.1, 0.15) is 0 Å². The van der Waals surface area contributed by atoms with Crippen LogP contribution in [-0.2, 0) is 5.41 Å². The standard InChI is InChI=1S/C33H25BO2S.C6H14O2/c1-33(2)29-15-4-3-10-25(29)26-17-16-21(19-30(26)33)24-12-7-14-28-27-13-6-11-23(31(27)37-32(24)28)20-8-5-9-22(18-20)34(35)36;1-5(2,7)6(3,4)8/h3-19,35-36H,1-2H3;7-8H,1-4H3. The fourth-order valence-corrected chi connectivity index (χ4v) is 7.39. The van der Waals surface area contributed by atoms with Gasteiger partial charge in [-0.1, -0.05) is 111 Å². The van der Waals surface area contributed by atoms with Gasteiger partial charge in [-0.05, 0) is 83.7 Å². The molecule has 0 atom stereocenters. The smallest absolute Gasteiger partial charge is 0.423 e. The van der Waals surface area contributed by atoms with Gasteiger partial charge in [0.05, 0.1) is 11.2 Å². The number of hydrogen-bond donors (Lipinski definition) is 4. The van der Waals surface area contributed by atoms with Crippen LogP contribution in [-0.4, -0.2) is 38.6 Å². The molecular formula is C39H39BO4S. The largest absolute Gasteiger partial charge is 0.488 e. The molecule has 1 aliphatic rings. The summed E-state index contributed by atoms with van der Waals surface area (Å²) in [6.07, 6.45) is 0. The minimum Gasteiger partial charge on any atom is -0.423 e. The molecule has 1 heterocycles. The molecule has 0 amide bonds. The normalized spacial score (nSPS) is 13.7. The fourth-order valence-electron chi connectivity index (χ4n) is 6.01. The molecule has 228 valence electrons. The van der Waals surface area contributed by atoms with E-state index in [4.69, 9.17) is 10.2 Å². The monoisotopic (exact) mass is 614 g/mol. The van der Waals surface area contributed by atoms with Crippen molar-refractivity contribution in [3.63, 3.8) is 0 Å². The second kappa shape index (κ2) is 11.2. The Balaban J connectivity index is 0.000000397. The van der Waals surface area contributed by atoms with Gasteiger partial charge < -0.3 is 20.3 Å². The van der Waals surface area contributed by atoms with Crippen LogP contribution in [0.15, 0.2) is 103 Å². The third-order valence-corrected chi connectivity index (χ3v) is 10.7. The summed E-state index contributed by atoms with van der Waals surface area (Å²) in [7, 11) is -1.48. The van der Waals surface area contributed by atoms with Crippen molar-refractivity contribution in [3.05, 3.63) is 114 Å². The Morgan fingerprint density at radius 2 is 1.07 bits per heavy atom. The van der Waals surface area contributed by atoms with Crippen molar-refractivity contribution in [2.75, 3.05) is 0 Å². The maximum Gasteiger partial charge on any atom is 0.488 e. The Morgan fingerprint density at radius 3 is 1.64 bits per heavy atom. The number of fused-ring (bicyclic) bond motifs is 6. The van der Waals surface area contributed by atoms with Crippen LogP contribution in [0.5, 0.6) is 0 Å². The van der Waals surface area contributed by atoms with E-state index >= 15 is 0 Å². The van der Waals surface area contributed by atoms with Crippen molar-refractivity contribution in [2.24, 2.45) is 0 Å². The van der Waals surface area contributed by atoms with Crippen molar-refractivity contribution in [1.82, 2.24) is 0 Å². The minimum atomic E-state index is -1.48. The molecule has 4 N–H and O–H groups in total. The first-order chi connectivity index (χ1) is 21.2. The van der Waals surface area contributed by atoms with Crippen LogP contribution < -0.4 is 5.46 Å². The van der Waals surface area contributed by atoms with Crippen LogP contribution in [0.4, 0.5) is 0 Å². The van der Waals surface area contributed by atoms with Crippen molar-refractivity contribution in [1.29, 1.82) is 0 Å². The molecule has 0 bridgehead atoms. The number of hydrogen-bond acceptors (Lipinski definition) is 5. The third-order valence-electron chi connectivity index (χ3n) is 9.41. The van der Waals surface area contributed by atoms with E-state index < -0.39 is 18.3 Å². The molecule has 45 heavy (non-hydrogen) atoms. The second-order valence-electron chi connectivity index (χ2n) is 13.5. The first kappa shape index (κ1) is 31.2. The predicted molar refractivity (Wildman–Crippen MR) is 190 cm³/mol. The average Bonchev–Trinajstić information content (AvgIpc) is 3.49. The van der Waals surface area contributed by atoms with Crippen molar-refractivity contribution in [3.8, 4) is 33.4 Å². The highest BCUT2D eigenvalue weighted by Gasteiger charge is 2.35. The molecule has 6 heteroatoms. The van der Waals surface area contributed by atoms with Gasteiger partial charge in [0.25, 0.3) is 0 Å². The van der Waals surface area contributed by atoms with Crippen LogP contribution in [0.1, 0.15) is 52.7 Å². The van der Waals surface area contributed by atoms with E-state index in [0.29, 0.717) is 5.46 Å². The van der Waals surface area contributed by atoms with Crippen LogP contribution in [0.2, 0.25) is 0 Å². The predicted octanol–water partition coefficient (Wildman–Crippen LogP) is 7.90. The van der Waals surface area contributed by atoms with Gasteiger partial charge in [-0.2, -0.15) is 0 Å². The number of benzene rings is 5. The molecule has 0 radical (unpaired) electrons. The quantitative estimate of drug-likeness (QED) is 0.152. The van der Waals surface area contributed by atoms with Gasteiger partial charge in [-0.15, -0.1) is 11.3 Å². The van der Waals surface area contributed by atoms with E-state index in [1.807, 2.05) is 29.5 Å². The maximum atomic E-state index is 9.70. The zero-order valence-corrected chi connectivity index (χ0v) is 27.4. The molecule has 4 nitrogen and oxygen atoms in total. The molecule has 1 aromatic heterocycles. The third kappa shape index (κ3) is 5.52. The Morgan fingerprint density at radius 1 is 0.556 bits per heavy atom. The molecule has 0 unspecified atom stereocenters. The highest BCUT2D eigenvalue weighted by molar-refractivity contribution is 7.26. The SMILES string of the molecule is CC(C)(O)C(C)(C)O.CC1(C)c2ccccc2-c2ccc(-c3cccc4c3sc3c(-c5cccc(B(O)O)c5)cccc34)cc21. The summed E-state index contributed by atoms with van der Waals surface area (Å²) in [4.78, 5) is 0. The number of rotatable bonds is 4.